The molecule has 2 aromatic heterocycles. The van der Waals surface area contributed by atoms with E-state index >= 15 is 0 Å². The van der Waals surface area contributed by atoms with Crippen molar-refractivity contribution in [2.75, 3.05) is 34.4 Å². The molecule has 14 heteroatoms. The van der Waals surface area contributed by atoms with Crippen LogP contribution in [0.1, 0.15) is 88.2 Å². The molecule has 2 aliphatic heterocycles. The lowest BCUT2D eigenvalue weighted by molar-refractivity contribution is -0.138. The fraction of sp³-hybridized carbons (Fsp3) is 0.487. The van der Waals surface area contributed by atoms with Crippen molar-refractivity contribution in [1.82, 2.24) is 40.0 Å². The van der Waals surface area contributed by atoms with E-state index < -0.39 is 24.3 Å². The number of aromatic nitrogens is 4. The molecule has 14 nitrogen and oxygen atoms in total. The van der Waals surface area contributed by atoms with Crippen molar-refractivity contribution in [2.45, 2.75) is 77.5 Å². The Kier molecular flexibility index (Phi) is 10.9. The van der Waals surface area contributed by atoms with E-state index in [1.807, 2.05) is 69.0 Å². The lowest BCUT2D eigenvalue weighted by Crippen LogP contribution is -2.51. The van der Waals surface area contributed by atoms with Gasteiger partial charge < -0.3 is 34.6 Å². The number of benzene rings is 2. The Labute approximate surface area is 309 Å². The standard InChI is InChI=1S/C39H48N8O6/c1-22(2)32(44-38(50)52-6)36(48)46-18-8-10-30(46)34-40-26-16-14-24(20-28(26)42-34)12-13-25-15-17-27-29(21-25)43-35(41-27)31-11-9-19-47(31)37(49)33(23(3)4)45(5)39(51)53-7/h14-17,20-23,30-33H,8-11,18-19H2,1-7H3,(H,40,42)(H,41,43)(H,44,50)/t30-,31-,32-,33-/m0/s1. The van der Waals surface area contributed by atoms with E-state index in [2.05, 4.69) is 27.1 Å². The molecule has 0 unspecified atom stereocenters. The molecule has 2 fully saturated rings. The Balaban J connectivity index is 1.18. The predicted molar refractivity (Wildman–Crippen MR) is 199 cm³/mol. The molecular weight excluding hydrogens is 676 g/mol. The summed E-state index contributed by atoms with van der Waals surface area (Å²) >= 11 is 0. The van der Waals surface area contributed by atoms with Crippen LogP contribution in [0.2, 0.25) is 0 Å². The van der Waals surface area contributed by atoms with Crippen LogP contribution in [-0.4, -0.2) is 105 Å². The molecule has 4 heterocycles. The van der Waals surface area contributed by atoms with E-state index in [9.17, 15) is 19.2 Å². The molecule has 4 atom stereocenters. The number of carbonyl (C=O) groups excluding carboxylic acids is 4. The molecule has 4 amide bonds. The van der Waals surface area contributed by atoms with Gasteiger partial charge in [-0.25, -0.2) is 19.6 Å². The van der Waals surface area contributed by atoms with Crippen LogP contribution >= 0.6 is 0 Å². The van der Waals surface area contributed by atoms with E-state index in [-0.39, 0.29) is 35.7 Å². The molecule has 0 bridgehead atoms. The summed E-state index contributed by atoms with van der Waals surface area (Å²) in [4.78, 5) is 73.1. The fourth-order valence-corrected chi connectivity index (χ4v) is 7.51. The SMILES string of the molecule is COC(=O)N[C@H](C(=O)N1CCC[C@H]1c1nc2ccc(C#Cc3ccc4nc([C@@H]5CCCN5C(=O)[C@H](C(C)C)N(C)C(=O)OC)[nH]c4c3)cc2[nH]1)C(C)C. The van der Waals surface area contributed by atoms with Gasteiger partial charge in [0, 0.05) is 31.3 Å². The van der Waals surface area contributed by atoms with Gasteiger partial charge in [-0.1, -0.05) is 39.5 Å². The zero-order valence-electron chi connectivity index (χ0n) is 31.4. The summed E-state index contributed by atoms with van der Waals surface area (Å²) in [6, 6.07) is 9.79. The number of alkyl carbamates (subject to hydrolysis) is 1. The van der Waals surface area contributed by atoms with Crippen molar-refractivity contribution in [2.24, 2.45) is 11.8 Å². The summed E-state index contributed by atoms with van der Waals surface area (Å²) in [7, 11) is 4.19. The Morgan fingerprint density at radius 2 is 1.30 bits per heavy atom. The highest BCUT2D eigenvalue weighted by Gasteiger charge is 2.40. The van der Waals surface area contributed by atoms with E-state index in [0.717, 1.165) is 58.9 Å². The highest BCUT2D eigenvalue weighted by molar-refractivity contribution is 5.87. The number of carbonyl (C=O) groups is 4. The predicted octanol–water partition coefficient (Wildman–Crippen LogP) is 5.27. The number of likely N-dealkylation sites (tertiary alicyclic amines) is 2. The molecule has 2 saturated heterocycles. The number of amides is 4. The number of fused-ring (bicyclic) bond motifs is 2. The summed E-state index contributed by atoms with van der Waals surface area (Å²) in [5, 5.41) is 2.69. The van der Waals surface area contributed by atoms with Gasteiger partial charge in [-0.15, -0.1) is 0 Å². The average Bonchev–Trinajstić information content (AvgIpc) is 3.96. The minimum atomic E-state index is -0.701. The van der Waals surface area contributed by atoms with Gasteiger partial charge >= 0.3 is 12.2 Å². The number of hydrogen-bond acceptors (Lipinski definition) is 8. The molecule has 2 aliphatic rings. The number of methoxy groups -OCH3 is 2. The highest BCUT2D eigenvalue weighted by atomic mass is 16.5. The number of rotatable bonds is 8. The van der Waals surface area contributed by atoms with Crippen LogP contribution < -0.4 is 5.32 Å². The maximum atomic E-state index is 13.8. The minimum Gasteiger partial charge on any atom is -0.453 e. The van der Waals surface area contributed by atoms with Gasteiger partial charge in [-0.2, -0.15) is 0 Å². The van der Waals surface area contributed by atoms with Crippen molar-refractivity contribution < 1.29 is 28.7 Å². The monoisotopic (exact) mass is 724 g/mol. The number of imidazole rings is 2. The molecule has 3 N–H and O–H groups in total. The Morgan fingerprint density at radius 1 is 0.792 bits per heavy atom. The van der Waals surface area contributed by atoms with Crippen molar-refractivity contribution in [3.8, 4) is 11.8 Å². The normalized spacial score (nSPS) is 18.3. The summed E-state index contributed by atoms with van der Waals surface area (Å²) in [5.74, 6) is 7.45. The highest BCUT2D eigenvalue weighted by Crippen LogP contribution is 2.34. The first kappa shape index (κ1) is 37.2. The molecule has 2 aromatic carbocycles. The molecule has 0 aliphatic carbocycles. The zero-order valence-corrected chi connectivity index (χ0v) is 31.4. The molecule has 0 radical (unpaired) electrons. The van der Waals surface area contributed by atoms with E-state index in [1.165, 1.54) is 19.1 Å². The smallest absolute Gasteiger partial charge is 0.409 e. The van der Waals surface area contributed by atoms with Crippen LogP contribution in [0.15, 0.2) is 36.4 Å². The largest absolute Gasteiger partial charge is 0.453 e. The van der Waals surface area contributed by atoms with Gasteiger partial charge in [0.05, 0.1) is 48.4 Å². The van der Waals surface area contributed by atoms with Gasteiger partial charge in [0.25, 0.3) is 0 Å². The van der Waals surface area contributed by atoms with Gasteiger partial charge in [0.15, 0.2) is 0 Å². The molecular formula is C39H48N8O6. The molecule has 280 valence electrons. The number of nitrogens with zero attached hydrogens (tertiary/aromatic N) is 5. The van der Waals surface area contributed by atoms with Crippen LogP contribution in [0.4, 0.5) is 9.59 Å². The average molecular weight is 725 g/mol. The first-order valence-corrected chi connectivity index (χ1v) is 18.2. The second-order valence-corrected chi connectivity index (χ2v) is 14.5. The maximum Gasteiger partial charge on any atom is 0.409 e. The minimum absolute atomic E-state index is 0.102. The summed E-state index contributed by atoms with van der Waals surface area (Å²) in [6.45, 7) is 8.80. The van der Waals surface area contributed by atoms with Crippen molar-refractivity contribution >= 4 is 46.1 Å². The van der Waals surface area contributed by atoms with Crippen molar-refractivity contribution in [3.63, 3.8) is 0 Å². The molecule has 0 saturated carbocycles. The van der Waals surface area contributed by atoms with Crippen molar-refractivity contribution in [1.29, 1.82) is 0 Å². The number of nitrogens with one attached hydrogen (secondary N) is 3. The summed E-state index contributed by atoms with van der Waals surface area (Å²) in [6.07, 6.45) is 2.02. The van der Waals surface area contributed by atoms with E-state index in [1.54, 1.807) is 11.9 Å². The lowest BCUT2D eigenvalue weighted by Gasteiger charge is -2.34. The maximum absolute atomic E-state index is 13.8. The molecule has 4 aromatic rings. The second kappa shape index (κ2) is 15.6. The zero-order chi connectivity index (χ0) is 38.0. The van der Waals surface area contributed by atoms with Gasteiger partial charge in [0.2, 0.25) is 11.8 Å². The van der Waals surface area contributed by atoms with E-state index in [0.29, 0.717) is 24.7 Å². The summed E-state index contributed by atoms with van der Waals surface area (Å²) < 4.78 is 9.65. The second-order valence-electron chi connectivity index (χ2n) is 14.5. The lowest BCUT2D eigenvalue weighted by atomic mass is 10.0. The third-order valence-corrected chi connectivity index (χ3v) is 10.2. The Bertz CT molecular complexity index is 2080. The first-order valence-electron chi connectivity index (χ1n) is 18.2. The number of aromatic amines is 2. The Morgan fingerprint density at radius 3 is 1.75 bits per heavy atom. The number of hydrogen-bond donors (Lipinski definition) is 3. The van der Waals surface area contributed by atoms with Crippen LogP contribution in [0.3, 0.4) is 0 Å². The van der Waals surface area contributed by atoms with Crippen LogP contribution in [-0.2, 0) is 19.1 Å². The third kappa shape index (κ3) is 7.65. The first-order chi connectivity index (χ1) is 25.4. The molecule has 53 heavy (non-hydrogen) atoms. The number of ether oxygens (including phenoxy) is 2. The third-order valence-electron chi connectivity index (χ3n) is 10.2. The van der Waals surface area contributed by atoms with E-state index in [4.69, 9.17) is 19.4 Å². The van der Waals surface area contributed by atoms with Gasteiger partial charge in [-0.3, -0.25) is 14.5 Å². The molecule has 0 spiro atoms. The number of H-pyrrole nitrogens is 2. The van der Waals surface area contributed by atoms with Crippen molar-refractivity contribution in [3.05, 3.63) is 59.2 Å². The number of likely N-dealkylation sites (N-methyl/N-ethyl adjacent to an activating group) is 1. The Hall–Kier alpha value is -5.58. The summed E-state index contributed by atoms with van der Waals surface area (Å²) in [5.41, 5.74) is 4.81. The molecule has 6 rings (SSSR count). The quantitative estimate of drug-likeness (QED) is 0.207. The van der Waals surface area contributed by atoms with Gasteiger partial charge in [0.1, 0.15) is 23.7 Å². The van der Waals surface area contributed by atoms with Crippen LogP contribution in [0.25, 0.3) is 22.1 Å². The topological polar surface area (TPSA) is 166 Å². The fourth-order valence-electron chi connectivity index (χ4n) is 7.51. The van der Waals surface area contributed by atoms with Crippen LogP contribution in [0, 0.1) is 23.7 Å². The van der Waals surface area contributed by atoms with Crippen LogP contribution in [0.5, 0.6) is 0 Å². The van der Waals surface area contributed by atoms with Gasteiger partial charge in [-0.05, 0) is 73.9 Å².